The Morgan fingerprint density at radius 1 is 1.32 bits per heavy atom. The van der Waals surface area contributed by atoms with Crippen molar-refractivity contribution in [1.82, 2.24) is 4.98 Å². The molecule has 1 heterocycles. The van der Waals surface area contributed by atoms with Crippen molar-refractivity contribution in [2.45, 2.75) is 36.0 Å². The highest BCUT2D eigenvalue weighted by atomic mass is 79.9. The predicted octanol–water partition coefficient (Wildman–Crippen LogP) is 4.53. The molecule has 3 rings (SSSR count). The molecule has 2 N–H and O–H groups in total. The van der Waals surface area contributed by atoms with Crippen LogP contribution in [0.4, 0.5) is 0 Å². The number of benzene rings is 1. The molecule has 1 aliphatic carbocycles. The topological polar surface area (TPSA) is 38.9 Å². The fourth-order valence-corrected chi connectivity index (χ4v) is 4.16. The maximum atomic E-state index is 5.81. The Morgan fingerprint density at radius 3 is 2.68 bits per heavy atom. The van der Waals surface area contributed by atoms with E-state index in [0.717, 1.165) is 10.2 Å². The summed E-state index contributed by atoms with van der Waals surface area (Å²) in [4.78, 5) is 7.35. The van der Waals surface area contributed by atoms with Crippen LogP contribution in [0.5, 0.6) is 0 Å². The zero-order chi connectivity index (χ0) is 13.2. The van der Waals surface area contributed by atoms with E-state index in [-0.39, 0.29) is 0 Å². The fourth-order valence-electron chi connectivity index (χ4n) is 1.97. The van der Waals surface area contributed by atoms with Crippen molar-refractivity contribution in [3.63, 3.8) is 0 Å². The molecule has 0 saturated heterocycles. The van der Waals surface area contributed by atoms with Crippen LogP contribution in [0.25, 0.3) is 0 Å². The van der Waals surface area contributed by atoms with E-state index in [0.29, 0.717) is 12.5 Å². The summed E-state index contributed by atoms with van der Waals surface area (Å²) < 4.78 is 1.12. The third kappa shape index (κ3) is 3.40. The minimum Gasteiger partial charge on any atom is -0.326 e. The van der Waals surface area contributed by atoms with Gasteiger partial charge < -0.3 is 5.73 Å². The van der Waals surface area contributed by atoms with Crippen molar-refractivity contribution in [1.29, 1.82) is 0 Å². The van der Waals surface area contributed by atoms with Crippen molar-refractivity contribution in [2.24, 2.45) is 5.73 Å². The lowest BCUT2D eigenvalue weighted by molar-refractivity contribution is 0.968. The van der Waals surface area contributed by atoms with Gasteiger partial charge in [0.1, 0.15) is 5.01 Å². The number of hydrogen-bond donors (Lipinski definition) is 1. The minimum atomic E-state index is 0.631. The zero-order valence-electron chi connectivity index (χ0n) is 10.4. The second-order valence-electron chi connectivity index (χ2n) is 4.64. The van der Waals surface area contributed by atoms with E-state index in [1.54, 1.807) is 11.3 Å². The first-order valence-corrected chi connectivity index (χ1v) is 8.92. The Kier molecular flexibility index (Phi) is 4.27. The molecule has 1 aromatic carbocycles. The molecule has 1 saturated carbocycles. The molecule has 0 radical (unpaired) electrons. The lowest BCUT2D eigenvalue weighted by Crippen LogP contribution is -1.96. The van der Waals surface area contributed by atoms with E-state index in [1.165, 1.54) is 33.3 Å². The summed E-state index contributed by atoms with van der Waals surface area (Å²) in [5, 5.41) is 1.20. The maximum absolute atomic E-state index is 5.81. The van der Waals surface area contributed by atoms with Crippen molar-refractivity contribution in [3.05, 3.63) is 44.3 Å². The molecule has 0 bridgehead atoms. The molecule has 2 nitrogen and oxygen atoms in total. The van der Waals surface area contributed by atoms with Crippen molar-refractivity contribution < 1.29 is 0 Å². The minimum absolute atomic E-state index is 0.631. The van der Waals surface area contributed by atoms with E-state index in [9.17, 15) is 0 Å². The van der Waals surface area contributed by atoms with Gasteiger partial charge >= 0.3 is 0 Å². The number of thiazole rings is 1. The average molecular weight is 355 g/mol. The van der Waals surface area contributed by atoms with E-state index in [1.807, 2.05) is 11.8 Å². The van der Waals surface area contributed by atoms with Crippen LogP contribution in [-0.2, 0) is 12.3 Å². The van der Waals surface area contributed by atoms with Crippen molar-refractivity contribution in [3.8, 4) is 0 Å². The van der Waals surface area contributed by atoms with Crippen LogP contribution in [0.2, 0.25) is 0 Å². The normalized spacial score (nSPS) is 14.8. The Morgan fingerprint density at radius 2 is 2.05 bits per heavy atom. The predicted molar refractivity (Wildman–Crippen MR) is 85.7 cm³/mol. The highest BCUT2D eigenvalue weighted by molar-refractivity contribution is 9.10. The van der Waals surface area contributed by atoms with Crippen LogP contribution >= 0.6 is 39.0 Å². The van der Waals surface area contributed by atoms with Crippen LogP contribution < -0.4 is 5.73 Å². The number of rotatable bonds is 5. The third-order valence-electron chi connectivity index (χ3n) is 3.10. The number of halogens is 1. The van der Waals surface area contributed by atoms with Crippen LogP contribution in [0, 0.1) is 0 Å². The second kappa shape index (κ2) is 5.95. The number of aromatic nitrogens is 1. The molecule has 1 aromatic heterocycles. The van der Waals surface area contributed by atoms with Gasteiger partial charge in [-0.1, -0.05) is 15.9 Å². The molecule has 1 fully saturated rings. The number of nitrogens with zero attached hydrogens (tertiary/aromatic N) is 1. The molecule has 0 amide bonds. The molecule has 100 valence electrons. The first-order valence-electron chi connectivity index (χ1n) is 6.33. The van der Waals surface area contributed by atoms with Crippen LogP contribution in [0.15, 0.2) is 33.6 Å². The van der Waals surface area contributed by atoms with E-state index in [2.05, 4.69) is 40.2 Å². The number of thioether (sulfide) groups is 1. The largest absolute Gasteiger partial charge is 0.326 e. The number of hydrogen-bond acceptors (Lipinski definition) is 4. The molecule has 1 aliphatic rings. The molecular weight excluding hydrogens is 340 g/mol. The lowest BCUT2D eigenvalue weighted by atomic mass is 10.2. The van der Waals surface area contributed by atoms with Gasteiger partial charge in [0.2, 0.25) is 0 Å². The van der Waals surface area contributed by atoms with Gasteiger partial charge in [-0.2, -0.15) is 0 Å². The zero-order valence-corrected chi connectivity index (χ0v) is 13.7. The van der Waals surface area contributed by atoms with E-state index in [4.69, 9.17) is 10.7 Å². The molecule has 0 atom stereocenters. The Hall–Kier alpha value is -0.360. The molecule has 2 aromatic rings. The number of nitrogens with two attached hydrogens (primary N) is 1. The molecule has 5 heteroatoms. The lowest BCUT2D eigenvalue weighted by Gasteiger charge is -1.99. The summed E-state index contributed by atoms with van der Waals surface area (Å²) in [6, 6.07) is 8.41. The Bertz CT molecular complexity index is 561. The Balaban J connectivity index is 1.67. The standard InChI is InChI=1S/C14H15BrN2S2/c15-10-3-5-11(6-4-10)18-8-13-17-14(9-1-2-9)12(7-16)19-13/h3-6,9H,1-2,7-8,16H2. The second-order valence-corrected chi connectivity index (χ2v) is 7.77. The third-order valence-corrected chi connectivity index (χ3v) is 5.93. The van der Waals surface area contributed by atoms with Gasteiger partial charge in [0.25, 0.3) is 0 Å². The van der Waals surface area contributed by atoms with Crippen LogP contribution in [0.1, 0.15) is 34.3 Å². The summed E-state index contributed by atoms with van der Waals surface area (Å²) in [6.45, 7) is 0.631. The van der Waals surface area contributed by atoms with Gasteiger partial charge in [-0.05, 0) is 37.1 Å². The summed E-state index contributed by atoms with van der Waals surface area (Å²) in [7, 11) is 0. The highest BCUT2D eigenvalue weighted by Gasteiger charge is 2.29. The first kappa shape index (κ1) is 13.6. The van der Waals surface area contributed by atoms with Crippen molar-refractivity contribution in [2.75, 3.05) is 0 Å². The summed E-state index contributed by atoms with van der Waals surface area (Å²) >= 11 is 7.07. The summed E-state index contributed by atoms with van der Waals surface area (Å²) in [5.41, 5.74) is 7.09. The van der Waals surface area contributed by atoms with Gasteiger partial charge in [0.15, 0.2) is 0 Å². The highest BCUT2D eigenvalue weighted by Crippen LogP contribution is 2.43. The van der Waals surface area contributed by atoms with Gasteiger partial charge in [-0.15, -0.1) is 23.1 Å². The van der Waals surface area contributed by atoms with Crippen LogP contribution in [-0.4, -0.2) is 4.98 Å². The molecule has 0 spiro atoms. The van der Waals surface area contributed by atoms with Gasteiger partial charge in [0.05, 0.1) is 11.4 Å². The SMILES string of the molecule is NCc1sc(CSc2ccc(Br)cc2)nc1C1CC1. The smallest absolute Gasteiger partial charge is 0.103 e. The molecule has 0 unspecified atom stereocenters. The van der Waals surface area contributed by atoms with Crippen LogP contribution in [0.3, 0.4) is 0 Å². The average Bonchev–Trinajstić information content (AvgIpc) is 3.19. The van der Waals surface area contributed by atoms with Gasteiger partial charge in [0, 0.05) is 26.7 Å². The monoisotopic (exact) mass is 354 g/mol. The fraction of sp³-hybridized carbons (Fsp3) is 0.357. The van der Waals surface area contributed by atoms with Gasteiger partial charge in [-0.3, -0.25) is 0 Å². The van der Waals surface area contributed by atoms with E-state index < -0.39 is 0 Å². The Labute approximate surface area is 129 Å². The van der Waals surface area contributed by atoms with Crippen molar-refractivity contribution >= 4 is 39.0 Å². The molecule has 0 aliphatic heterocycles. The summed E-state index contributed by atoms with van der Waals surface area (Å²) in [5.74, 6) is 1.63. The van der Waals surface area contributed by atoms with E-state index >= 15 is 0 Å². The van der Waals surface area contributed by atoms with Gasteiger partial charge in [-0.25, -0.2) is 4.98 Å². The first-order chi connectivity index (χ1) is 9.26. The molecule has 19 heavy (non-hydrogen) atoms. The quantitative estimate of drug-likeness (QED) is 0.801. The molecular formula is C14H15BrN2S2. The maximum Gasteiger partial charge on any atom is 0.103 e. The summed E-state index contributed by atoms with van der Waals surface area (Å²) in [6.07, 6.45) is 2.58.